The predicted octanol–water partition coefficient (Wildman–Crippen LogP) is 1.99. The summed E-state index contributed by atoms with van der Waals surface area (Å²) < 4.78 is 10.6. The first-order valence-electron chi connectivity index (χ1n) is 8.44. The van der Waals surface area contributed by atoms with Crippen molar-refractivity contribution in [1.82, 2.24) is 10.2 Å². The second-order valence-corrected chi connectivity index (χ2v) is 6.46. The second kappa shape index (κ2) is 7.21. The topological polar surface area (TPSA) is 50.8 Å². The van der Waals surface area contributed by atoms with Gasteiger partial charge in [0, 0.05) is 31.6 Å². The Hall–Kier alpha value is -1.75. The SMILES string of the molecule is COc1ccc(CCC(=O)N2CCC3CCC(C2)N3)cc1OC. The van der Waals surface area contributed by atoms with Crippen LogP contribution in [0.4, 0.5) is 0 Å². The highest BCUT2D eigenvalue weighted by Crippen LogP contribution is 2.28. The number of fused-ring (bicyclic) bond motifs is 2. The Labute approximate surface area is 137 Å². The molecule has 2 heterocycles. The van der Waals surface area contributed by atoms with Crippen LogP contribution in [0.3, 0.4) is 0 Å². The number of aryl methyl sites for hydroxylation is 1. The van der Waals surface area contributed by atoms with Crippen LogP contribution in [0.5, 0.6) is 11.5 Å². The lowest BCUT2D eigenvalue weighted by Crippen LogP contribution is -2.39. The van der Waals surface area contributed by atoms with Crippen LogP contribution in [0.1, 0.15) is 31.2 Å². The van der Waals surface area contributed by atoms with E-state index in [1.165, 1.54) is 12.8 Å². The summed E-state index contributed by atoms with van der Waals surface area (Å²) in [6, 6.07) is 6.96. The van der Waals surface area contributed by atoms with Gasteiger partial charge in [0.25, 0.3) is 0 Å². The van der Waals surface area contributed by atoms with Crippen molar-refractivity contribution < 1.29 is 14.3 Å². The van der Waals surface area contributed by atoms with Crippen molar-refractivity contribution in [3.8, 4) is 11.5 Å². The molecule has 2 unspecified atom stereocenters. The number of carbonyl (C=O) groups excluding carboxylic acids is 1. The summed E-state index contributed by atoms with van der Waals surface area (Å²) in [6.45, 7) is 1.75. The summed E-state index contributed by atoms with van der Waals surface area (Å²) in [7, 11) is 3.26. The van der Waals surface area contributed by atoms with Crippen LogP contribution in [0.2, 0.25) is 0 Å². The summed E-state index contributed by atoms with van der Waals surface area (Å²) >= 11 is 0. The van der Waals surface area contributed by atoms with Crippen LogP contribution in [-0.2, 0) is 11.2 Å². The van der Waals surface area contributed by atoms with E-state index in [1.54, 1.807) is 14.2 Å². The molecule has 5 heteroatoms. The van der Waals surface area contributed by atoms with Crippen LogP contribution in [0.25, 0.3) is 0 Å². The first-order chi connectivity index (χ1) is 11.2. The molecule has 2 atom stereocenters. The van der Waals surface area contributed by atoms with E-state index in [-0.39, 0.29) is 5.91 Å². The molecular weight excluding hydrogens is 292 g/mol. The minimum Gasteiger partial charge on any atom is -0.493 e. The molecule has 1 amide bonds. The van der Waals surface area contributed by atoms with Gasteiger partial charge in [-0.1, -0.05) is 6.07 Å². The Morgan fingerprint density at radius 3 is 2.74 bits per heavy atom. The monoisotopic (exact) mass is 318 g/mol. The maximum absolute atomic E-state index is 12.5. The quantitative estimate of drug-likeness (QED) is 0.902. The van der Waals surface area contributed by atoms with E-state index in [9.17, 15) is 4.79 Å². The zero-order valence-electron chi connectivity index (χ0n) is 14.0. The van der Waals surface area contributed by atoms with Crippen molar-refractivity contribution in [2.24, 2.45) is 0 Å². The van der Waals surface area contributed by atoms with Crippen molar-refractivity contribution in [3.05, 3.63) is 23.8 Å². The minimum atomic E-state index is 0.258. The fraction of sp³-hybridized carbons (Fsp3) is 0.611. The second-order valence-electron chi connectivity index (χ2n) is 6.46. The summed E-state index contributed by atoms with van der Waals surface area (Å²) in [4.78, 5) is 14.6. The van der Waals surface area contributed by atoms with E-state index >= 15 is 0 Å². The minimum absolute atomic E-state index is 0.258. The number of ether oxygens (including phenoxy) is 2. The molecule has 2 bridgehead atoms. The lowest BCUT2D eigenvalue weighted by atomic mass is 10.1. The number of likely N-dealkylation sites (tertiary alicyclic amines) is 1. The Morgan fingerprint density at radius 2 is 1.96 bits per heavy atom. The highest BCUT2D eigenvalue weighted by Gasteiger charge is 2.30. The van der Waals surface area contributed by atoms with Crippen LogP contribution < -0.4 is 14.8 Å². The summed E-state index contributed by atoms with van der Waals surface area (Å²) in [5.74, 6) is 1.69. The average molecular weight is 318 g/mol. The summed E-state index contributed by atoms with van der Waals surface area (Å²) in [5, 5.41) is 3.61. The Bertz CT molecular complexity index is 561. The molecule has 0 aliphatic carbocycles. The molecule has 2 fully saturated rings. The number of hydrogen-bond acceptors (Lipinski definition) is 4. The number of amides is 1. The zero-order chi connectivity index (χ0) is 16.2. The number of methoxy groups -OCH3 is 2. The van der Waals surface area contributed by atoms with E-state index in [2.05, 4.69) is 5.32 Å². The lowest BCUT2D eigenvalue weighted by molar-refractivity contribution is -0.131. The third-order valence-corrected chi connectivity index (χ3v) is 4.95. The number of nitrogens with one attached hydrogen (secondary N) is 1. The van der Waals surface area contributed by atoms with Gasteiger partial charge in [-0.05, 0) is 43.4 Å². The molecule has 1 N–H and O–H groups in total. The molecule has 0 radical (unpaired) electrons. The third-order valence-electron chi connectivity index (χ3n) is 4.95. The lowest BCUT2D eigenvalue weighted by Gasteiger charge is -2.24. The van der Waals surface area contributed by atoms with E-state index in [0.717, 1.165) is 37.2 Å². The van der Waals surface area contributed by atoms with Gasteiger partial charge in [-0.2, -0.15) is 0 Å². The Balaban J connectivity index is 1.56. The number of carbonyl (C=O) groups is 1. The molecule has 1 aromatic carbocycles. The average Bonchev–Trinajstić information content (AvgIpc) is 2.91. The highest BCUT2D eigenvalue weighted by molar-refractivity contribution is 5.76. The largest absolute Gasteiger partial charge is 0.493 e. The molecule has 23 heavy (non-hydrogen) atoms. The Morgan fingerprint density at radius 1 is 1.17 bits per heavy atom. The molecule has 2 aliphatic heterocycles. The van der Waals surface area contributed by atoms with Gasteiger partial charge in [0.15, 0.2) is 11.5 Å². The van der Waals surface area contributed by atoms with Crippen molar-refractivity contribution in [2.75, 3.05) is 27.3 Å². The molecular formula is C18H26N2O3. The van der Waals surface area contributed by atoms with Crippen LogP contribution >= 0.6 is 0 Å². The third kappa shape index (κ3) is 3.78. The van der Waals surface area contributed by atoms with Crippen molar-refractivity contribution in [2.45, 2.75) is 44.2 Å². The van der Waals surface area contributed by atoms with Crippen molar-refractivity contribution >= 4 is 5.91 Å². The zero-order valence-corrected chi connectivity index (χ0v) is 14.0. The van der Waals surface area contributed by atoms with Gasteiger partial charge < -0.3 is 19.7 Å². The highest BCUT2D eigenvalue weighted by atomic mass is 16.5. The normalized spacial score (nSPS) is 23.5. The van der Waals surface area contributed by atoms with Crippen LogP contribution in [0, 0.1) is 0 Å². The number of rotatable bonds is 5. The van der Waals surface area contributed by atoms with E-state index in [0.29, 0.717) is 24.3 Å². The van der Waals surface area contributed by atoms with Crippen LogP contribution in [-0.4, -0.2) is 50.2 Å². The van der Waals surface area contributed by atoms with Gasteiger partial charge >= 0.3 is 0 Å². The molecule has 0 saturated carbocycles. The number of hydrogen-bond donors (Lipinski definition) is 1. The summed E-state index contributed by atoms with van der Waals surface area (Å²) in [5.41, 5.74) is 1.10. The summed E-state index contributed by atoms with van der Waals surface area (Å²) in [6.07, 6.45) is 4.82. The molecule has 126 valence electrons. The van der Waals surface area contributed by atoms with E-state index in [4.69, 9.17) is 9.47 Å². The van der Waals surface area contributed by atoms with Crippen LogP contribution in [0.15, 0.2) is 18.2 Å². The maximum Gasteiger partial charge on any atom is 0.222 e. The van der Waals surface area contributed by atoms with Crippen molar-refractivity contribution in [1.29, 1.82) is 0 Å². The van der Waals surface area contributed by atoms with E-state index < -0.39 is 0 Å². The molecule has 0 spiro atoms. The fourth-order valence-electron chi connectivity index (χ4n) is 3.62. The van der Waals surface area contributed by atoms with Gasteiger partial charge in [0.2, 0.25) is 5.91 Å². The molecule has 5 nitrogen and oxygen atoms in total. The molecule has 2 aliphatic rings. The van der Waals surface area contributed by atoms with Gasteiger partial charge in [0.05, 0.1) is 14.2 Å². The smallest absolute Gasteiger partial charge is 0.222 e. The van der Waals surface area contributed by atoms with Gasteiger partial charge in [-0.25, -0.2) is 0 Å². The standard InChI is InChI=1S/C18H26N2O3/c1-22-16-7-3-13(11-17(16)23-2)4-8-18(21)20-10-9-14-5-6-15(12-20)19-14/h3,7,11,14-15,19H,4-6,8-10,12H2,1-2H3. The number of benzene rings is 1. The molecule has 3 rings (SSSR count). The number of nitrogens with zero attached hydrogens (tertiary/aromatic N) is 1. The maximum atomic E-state index is 12.5. The predicted molar refractivity (Wildman–Crippen MR) is 89.0 cm³/mol. The molecule has 1 aromatic rings. The molecule has 2 saturated heterocycles. The van der Waals surface area contributed by atoms with Gasteiger partial charge in [-0.15, -0.1) is 0 Å². The first kappa shape index (κ1) is 16.1. The Kier molecular flexibility index (Phi) is 5.06. The first-order valence-corrected chi connectivity index (χ1v) is 8.44. The van der Waals surface area contributed by atoms with Gasteiger partial charge in [0.1, 0.15) is 0 Å². The van der Waals surface area contributed by atoms with Gasteiger partial charge in [-0.3, -0.25) is 4.79 Å². The van der Waals surface area contributed by atoms with Crippen molar-refractivity contribution in [3.63, 3.8) is 0 Å². The van der Waals surface area contributed by atoms with E-state index in [1.807, 2.05) is 23.1 Å². The molecule has 0 aromatic heterocycles. The fourth-order valence-corrected chi connectivity index (χ4v) is 3.62.